The zero-order chi connectivity index (χ0) is 19.0. The smallest absolute Gasteiger partial charge is 0.192 e. The van der Waals surface area contributed by atoms with Gasteiger partial charge >= 0.3 is 0 Å². The molecule has 4 rings (SSSR count). The number of carbonyl (C=O) groups is 1. The number of carbonyl (C=O) groups excluding carboxylic acids is 1. The van der Waals surface area contributed by atoms with E-state index in [1.807, 2.05) is 11.5 Å². The molecule has 1 unspecified atom stereocenters. The Labute approximate surface area is 165 Å². The second-order valence-corrected chi connectivity index (χ2v) is 8.27. The van der Waals surface area contributed by atoms with Gasteiger partial charge in [0.2, 0.25) is 0 Å². The summed E-state index contributed by atoms with van der Waals surface area (Å²) in [6.45, 7) is 1.84. The van der Waals surface area contributed by atoms with Crippen molar-refractivity contribution in [3.63, 3.8) is 0 Å². The molecule has 4 nitrogen and oxygen atoms in total. The fraction of sp³-hybridized carbons (Fsp3) is 0.250. The minimum absolute atomic E-state index is 0.0275. The van der Waals surface area contributed by atoms with Crippen molar-refractivity contribution >= 4 is 29.1 Å². The summed E-state index contributed by atoms with van der Waals surface area (Å²) in [5.41, 5.74) is 0.992. The summed E-state index contributed by atoms with van der Waals surface area (Å²) in [7, 11) is 0. The third-order valence-corrected chi connectivity index (χ3v) is 5.74. The highest BCUT2D eigenvalue weighted by Crippen LogP contribution is 2.42. The lowest BCUT2D eigenvalue weighted by Crippen LogP contribution is -2.14. The maximum absolute atomic E-state index is 14.2. The molecule has 27 heavy (non-hydrogen) atoms. The van der Waals surface area contributed by atoms with Crippen LogP contribution in [-0.2, 0) is 0 Å². The Morgan fingerprint density at radius 3 is 2.70 bits per heavy atom. The van der Waals surface area contributed by atoms with Crippen LogP contribution in [0.2, 0.25) is 5.02 Å². The number of aromatic nitrogens is 3. The minimum Gasteiger partial charge on any atom is -0.299 e. The van der Waals surface area contributed by atoms with Crippen LogP contribution >= 0.6 is 23.4 Å². The highest BCUT2D eigenvalue weighted by molar-refractivity contribution is 8.00. The summed E-state index contributed by atoms with van der Waals surface area (Å²) in [4.78, 5) is 12.7. The zero-order valence-electron chi connectivity index (χ0n) is 14.6. The van der Waals surface area contributed by atoms with E-state index in [1.165, 1.54) is 17.8 Å². The summed E-state index contributed by atoms with van der Waals surface area (Å²) in [6, 6.07) is 13.7. The van der Waals surface area contributed by atoms with Crippen molar-refractivity contribution in [3.8, 4) is 11.4 Å². The average Bonchev–Trinajstić information content (AvgIpc) is 3.42. The second kappa shape index (κ2) is 7.44. The molecule has 7 heteroatoms. The Hall–Kier alpha value is -2.18. The standard InChI is InChI=1S/C20H17ClFN3OS/c1-12(18(26)13-5-4-6-14(21)11-13)27-20-24-23-19(25(20)15-9-10-15)16-7-2-3-8-17(16)22/h2-8,11-12,15H,9-10H2,1H3. The van der Waals surface area contributed by atoms with Gasteiger partial charge in [-0.05, 0) is 44.0 Å². The van der Waals surface area contributed by atoms with E-state index in [0.717, 1.165) is 12.8 Å². The first-order chi connectivity index (χ1) is 13.0. The van der Waals surface area contributed by atoms with Crippen LogP contribution < -0.4 is 0 Å². The van der Waals surface area contributed by atoms with Crippen molar-refractivity contribution in [2.45, 2.75) is 36.2 Å². The first kappa shape index (κ1) is 18.2. The number of hydrogen-bond donors (Lipinski definition) is 0. The molecule has 1 heterocycles. The summed E-state index contributed by atoms with van der Waals surface area (Å²) >= 11 is 7.34. The molecule has 1 fully saturated rings. The molecule has 1 saturated carbocycles. The fourth-order valence-corrected chi connectivity index (χ4v) is 4.12. The number of benzene rings is 2. The number of ketones is 1. The Morgan fingerprint density at radius 2 is 2.00 bits per heavy atom. The number of thioether (sulfide) groups is 1. The highest BCUT2D eigenvalue weighted by Gasteiger charge is 2.32. The van der Waals surface area contributed by atoms with Crippen LogP contribution in [0.4, 0.5) is 4.39 Å². The molecule has 0 amide bonds. The van der Waals surface area contributed by atoms with E-state index in [0.29, 0.717) is 27.1 Å². The summed E-state index contributed by atoms with van der Waals surface area (Å²) in [5.74, 6) is 0.159. The zero-order valence-corrected chi connectivity index (χ0v) is 16.2. The van der Waals surface area contributed by atoms with Crippen LogP contribution in [0.15, 0.2) is 53.7 Å². The van der Waals surface area contributed by atoms with Gasteiger partial charge in [0.25, 0.3) is 0 Å². The molecule has 2 aromatic carbocycles. The van der Waals surface area contributed by atoms with Gasteiger partial charge in [0, 0.05) is 16.6 Å². The molecule has 0 radical (unpaired) electrons. The Balaban J connectivity index is 1.63. The van der Waals surface area contributed by atoms with Gasteiger partial charge in [-0.25, -0.2) is 4.39 Å². The van der Waals surface area contributed by atoms with E-state index in [-0.39, 0.29) is 22.9 Å². The van der Waals surface area contributed by atoms with Crippen LogP contribution in [0.25, 0.3) is 11.4 Å². The van der Waals surface area contributed by atoms with Crippen molar-refractivity contribution in [2.24, 2.45) is 0 Å². The van der Waals surface area contributed by atoms with Crippen LogP contribution in [0.5, 0.6) is 0 Å². The van der Waals surface area contributed by atoms with Gasteiger partial charge in [-0.1, -0.05) is 47.6 Å². The SMILES string of the molecule is CC(Sc1nnc(-c2ccccc2F)n1C1CC1)C(=O)c1cccc(Cl)c1. The third kappa shape index (κ3) is 3.77. The van der Waals surface area contributed by atoms with Crippen LogP contribution in [0, 0.1) is 5.82 Å². The number of nitrogens with zero attached hydrogens (tertiary/aromatic N) is 3. The molecule has 0 spiro atoms. The third-order valence-electron chi connectivity index (χ3n) is 4.45. The first-order valence-electron chi connectivity index (χ1n) is 8.71. The highest BCUT2D eigenvalue weighted by atomic mass is 35.5. The molecule has 0 saturated heterocycles. The maximum Gasteiger partial charge on any atom is 0.192 e. The van der Waals surface area contributed by atoms with Gasteiger partial charge in [-0.3, -0.25) is 9.36 Å². The maximum atomic E-state index is 14.2. The lowest BCUT2D eigenvalue weighted by molar-refractivity contribution is 0.0994. The van der Waals surface area contributed by atoms with Gasteiger partial charge in [0.1, 0.15) is 5.82 Å². The quantitative estimate of drug-likeness (QED) is 0.408. The fourth-order valence-electron chi connectivity index (χ4n) is 2.93. The van der Waals surface area contributed by atoms with E-state index in [2.05, 4.69) is 10.2 Å². The monoisotopic (exact) mass is 401 g/mol. The van der Waals surface area contributed by atoms with Gasteiger partial charge in [-0.15, -0.1) is 10.2 Å². The summed E-state index contributed by atoms with van der Waals surface area (Å²) in [6.07, 6.45) is 2.01. The van der Waals surface area contributed by atoms with E-state index in [9.17, 15) is 9.18 Å². The predicted octanol–water partition coefficient (Wildman–Crippen LogP) is 5.44. The van der Waals surface area contributed by atoms with Crippen molar-refractivity contribution in [1.29, 1.82) is 0 Å². The molecule has 1 aliphatic carbocycles. The van der Waals surface area contributed by atoms with Gasteiger partial charge in [0.05, 0.1) is 10.8 Å². The average molecular weight is 402 g/mol. The topological polar surface area (TPSA) is 47.8 Å². The molecule has 1 aliphatic rings. The second-order valence-electron chi connectivity index (χ2n) is 6.52. The van der Waals surface area contributed by atoms with Crippen LogP contribution in [0.3, 0.4) is 0 Å². The Kier molecular flexibility index (Phi) is 5.02. The van der Waals surface area contributed by atoms with Crippen molar-refractivity contribution in [3.05, 3.63) is 64.9 Å². The van der Waals surface area contributed by atoms with Crippen molar-refractivity contribution in [1.82, 2.24) is 14.8 Å². The number of halogens is 2. The van der Waals surface area contributed by atoms with Gasteiger partial charge in [-0.2, -0.15) is 0 Å². The molecular formula is C20H17ClFN3OS. The minimum atomic E-state index is -0.362. The number of rotatable bonds is 6. The largest absolute Gasteiger partial charge is 0.299 e. The van der Waals surface area contributed by atoms with E-state index < -0.39 is 0 Å². The van der Waals surface area contributed by atoms with Gasteiger partial charge < -0.3 is 0 Å². The molecule has 1 aromatic heterocycles. The van der Waals surface area contributed by atoms with Crippen LogP contribution in [0.1, 0.15) is 36.2 Å². The molecule has 0 bridgehead atoms. The van der Waals surface area contributed by atoms with E-state index in [1.54, 1.807) is 42.5 Å². The number of hydrogen-bond acceptors (Lipinski definition) is 4. The van der Waals surface area contributed by atoms with Gasteiger partial charge in [0.15, 0.2) is 16.8 Å². The summed E-state index contributed by atoms with van der Waals surface area (Å²) < 4.78 is 16.2. The normalized spacial score (nSPS) is 14.9. The molecule has 1 atom stereocenters. The van der Waals surface area contributed by atoms with Crippen LogP contribution in [-0.4, -0.2) is 25.8 Å². The molecule has 0 N–H and O–H groups in total. The Morgan fingerprint density at radius 1 is 1.22 bits per heavy atom. The summed E-state index contributed by atoms with van der Waals surface area (Å²) in [5, 5.41) is 9.29. The van der Waals surface area contributed by atoms with E-state index >= 15 is 0 Å². The predicted molar refractivity (Wildman–Crippen MR) is 105 cm³/mol. The molecular weight excluding hydrogens is 385 g/mol. The first-order valence-corrected chi connectivity index (χ1v) is 9.96. The molecule has 0 aliphatic heterocycles. The molecule has 138 valence electrons. The van der Waals surface area contributed by atoms with E-state index in [4.69, 9.17) is 11.6 Å². The lowest BCUT2D eigenvalue weighted by atomic mass is 10.1. The molecule has 3 aromatic rings. The lowest BCUT2D eigenvalue weighted by Gasteiger charge is -2.13. The van der Waals surface area contributed by atoms with Crippen molar-refractivity contribution < 1.29 is 9.18 Å². The Bertz CT molecular complexity index is 1000. The number of Topliss-reactive ketones (excluding diaryl/α,β-unsaturated/α-hetero) is 1. The van der Waals surface area contributed by atoms with Crippen molar-refractivity contribution in [2.75, 3.05) is 0 Å².